The second-order valence-corrected chi connectivity index (χ2v) is 9.63. The summed E-state index contributed by atoms with van der Waals surface area (Å²) < 4.78 is 32.7. The highest BCUT2D eigenvalue weighted by atomic mass is 32.2. The van der Waals surface area contributed by atoms with E-state index in [0.29, 0.717) is 37.8 Å². The van der Waals surface area contributed by atoms with E-state index in [1.165, 1.54) is 43.2 Å². The highest BCUT2D eigenvalue weighted by Gasteiger charge is 2.30. The third-order valence-corrected chi connectivity index (χ3v) is 8.25. The van der Waals surface area contributed by atoms with E-state index in [2.05, 4.69) is 4.90 Å². The molecule has 8 heteroatoms. The second-order valence-electron chi connectivity index (χ2n) is 7.72. The van der Waals surface area contributed by atoms with Crippen molar-refractivity contribution in [1.82, 2.24) is 14.1 Å². The van der Waals surface area contributed by atoms with Gasteiger partial charge in [-0.3, -0.25) is 9.69 Å². The third kappa shape index (κ3) is 4.59. The van der Waals surface area contributed by atoms with E-state index in [0.717, 1.165) is 13.1 Å². The fourth-order valence-electron chi connectivity index (χ4n) is 4.46. The topological polar surface area (TPSA) is 70.2 Å². The third-order valence-electron chi connectivity index (χ3n) is 6.18. The van der Waals surface area contributed by atoms with Crippen LogP contribution in [-0.4, -0.2) is 80.9 Å². The van der Waals surface area contributed by atoms with Crippen molar-refractivity contribution in [1.29, 1.82) is 0 Å². The van der Waals surface area contributed by atoms with Gasteiger partial charge in [-0.2, -0.15) is 4.31 Å². The Morgan fingerprint density at radius 1 is 1.10 bits per heavy atom. The predicted molar refractivity (Wildman–Crippen MR) is 113 cm³/mol. The molecule has 2 fully saturated rings. The molecule has 1 saturated heterocycles. The van der Waals surface area contributed by atoms with Gasteiger partial charge in [0.2, 0.25) is 10.0 Å². The maximum absolute atomic E-state index is 13.1. The van der Waals surface area contributed by atoms with E-state index in [1.54, 1.807) is 26.0 Å². The van der Waals surface area contributed by atoms with Crippen LogP contribution in [0.3, 0.4) is 0 Å². The number of carbonyl (C=O) groups excluding carboxylic acids is 1. The molecule has 1 aliphatic carbocycles. The number of methoxy groups -OCH3 is 1. The van der Waals surface area contributed by atoms with Crippen molar-refractivity contribution in [3.05, 3.63) is 23.8 Å². The van der Waals surface area contributed by atoms with Crippen LogP contribution in [0.15, 0.2) is 23.1 Å². The van der Waals surface area contributed by atoms with Gasteiger partial charge < -0.3 is 9.64 Å². The maximum atomic E-state index is 13.1. The molecule has 162 valence electrons. The molecule has 0 aromatic heterocycles. The molecule has 0 spiro atoms. The summed E-state index contributed by atoms with van der Waals surface area (Å²) in [6, 6.07) is 5.38. The summed E-state index contributed by atoms with van der Waals surface area (Å²) in [6.45, 7) is 7.46. The first-order valence-corrected chi connectivity index (χ1v) is 12.1. The van der Waals surface area contributed by atoms with Crippen LogP contribution in [0.4, 0.5) is 0 Å². The fraction of sp³-hybridized carbons (Fsp3) is 0.667. The number of rotatable bonds is 7. The highest BCUT2D eigenvalue weighted by molar-refractivity contribution is 7.89. The maximum Gasteiger partial charge on any atom is 0.253 e. The summed E-state index contributed by atoms with van der Waals surface area (Å²) in [7, 11) is -2.28. The Hall–Kier alpha value is -1.64. The molecule has 0 atom stereocenters. The van der Waals surface area contributed by atoms with E-state index in [4.69, 9.17) is 4.74 Å². The average molecular weight is 424 g/mol. The molecule has 1 aromatic carbocycles. The van der Waals surface area contributed by atoms with Gasteiger partial charge in [-0.05, 0) is 31.0 Å². The van der Waals surface area contributed by atoms with Gasteiger partial charge in [0.25, 0.3) is 5.91 Å². The number of amides is 1. The van der Waals surface area contributed by atoms with Crippen molar-refractivity contribution < 1.29 is 17.9 Å². The lowest BCUT2D eigenvalue weighted by Crippen LogP contribution is -2.51. The molecule has 0 N–H and O–H groups in total. The summed E-state index contributed by atoms with van der Waals surface area (Å²) in [5, 5.41) is 0. The number of sulfonamides is 1. The Morgan fingerprint density at radius 3 is 2.28 bits per heavy atom. The number of nitrogens with zero attached hydrogens (tertiary/aromatic N) is 3. The van der Waals surface area contributed by atoms with Crippen molar-refractivity contribution in [3.8, 4) is 5.75 Å². The van der Waals surface area contributed by atoms with Crippen molar-refractivity contribution >= 4 is 15.9 Å². The standard InChI is InChI=1S/C21H33N3O4S/c1-4-24(5-2)29(26,27)20-16-17(10-11-19(20)28-3)21(25)23-14-12-22(13-15-23)18-8-6-7-9-18/h10-11,16,18H,4-9,12-15H2,1-3H3. The molecule has 0 bridgehead atoms. The normalized spacial score (nSPS) is 19.1. The van der Waals surface area contributed by atoms with Crippen LogP contribution in [0, 0.1) is 0 Å². The van der Waals surface area contributed by atoms with E-state index >= 15 is 0 Å². The lowest BCUT2D eigenvalue weighted by atomic mass is 10.1. The Balaban J connectivity index is 1.78. The van der Waals surface area contributed by atoms with Crippen LogP contribution in [0.1, 0.15) is 49.9 Å². The Morgan fingerprint density at radius 2 is 1.72 bits per heavy atom. The van der Waals surface area contributed by atoms with E-state index < -0.39 is 10.0 Å². The number of piperazine rings is 1. The lowest BCUT2D eigenvalue weighted by Gasteiger charge is -2.38. The summed E-state index contributed by atoms with van der Waals surface area (Å²) >= 11 is 0. The van der Waals surface area contributed by atoms with Crippen molar-refractivity contribution in [2.24, 2.45) is 0 Å². The Bertz CT molecular complexity index is 809. The molecule has 1 aromatic rings. The predicted octanol–water partition coefficient (Wildman–Crippen LogP) is 2.43. The monoisotopic (exact) mass is 423 g/mol. The zero-order chi connectivity index (χ0) is 21.0. The second kappa shape index (κ2) is 9.45. The molecule has 7 nitrogen and oxygen atoms in total. The number of hydrogen-bond donors (Lipinski definition) is 0. The molecular formula is C21H33N3O4S. The highest BCUT2D eigenvalue weighted by Crippen LogP contribution is 2.29. The van der Waals surface area contributed by atoms with Crippen LogP contribution >= 0.6 is 0 Å². The Labute approximate surface area is 174 Å². The fourth-order valence-corrected chi connectivity index (χ4v) is 6.10. The zero-order valence-electron chi connectivity index (χ0n) is 17.8. The quantitative estimate of drug-likeness (QED) is 0.674. The molecular weight excluding hydrogens is 390 g/mol. The minimum absolute atomic E-state index is 0.0548. The van der Waals surface area contributed by atoms with Gasteiger partial charge in [0.1, 0.15) is 10.6 Å². The van der Waals surface area contributed by atoms with Crippen molar-refractivity contribution in [2.75, 3.05) is 46.4 Å². The first-order chi connectivity index (χ1) is 13.9. The molecule has 1 aliphatic heterocycles. The van der Waals surface area contributed by atoms with Crippen LogP contribution in [0.5, 0.6) is 5.75 Å². The smallest absolute Gasteiger partial charge is 0.253 e. The van der Waals surface area contributed by atoms with E-state index in [-0.39, 0.29) is 16.6 Å². The van der Waals surface area contributed by atoms with Gasteiger partial charge in [0, 0.05) is 50.9 Å². The van der Waals surface area contributed by atoms with Gasteiger partial charge in [-0.25, -0.2) is 8.42 Å². The summed E-state index contributed by atoms with van der Waals surface area (Å²) in [6.07, 6.45) is 5.14. The SMILES string of the molecule is CCN(CC)S(=O)(=O)c1cc(C(=O)N2CCN(C3CCCC3)CC2)ccc1OC. The molecule has 1 saturated carbocycles. The lowest BCUT2D eigenvalue weighted by molar-refractivity contribution is 0.0573. The number of hydrogen-bond acceptors (Lipinski definition) is 5. The van der Waals surface area contributed by atoms with E-state index in [1.807, 2.05) is 4.90 Å². The number of carbonyl (C=O) groups is 1. The molecule has 1 amide bonds. The average Bonchev–Trinajstić information content (AvgIpc) is 3.28. The first-order valence-electron chi connectivity index (χ1n) is 10.6. The van der Waals surface area contributed by atoms with Gasteiger partial charge in [0.15, 0.2) is 0 Å². The molecule has 29 heavy (non-hydrogen) atoms. The van der Waals surface area contributed by atoms with Gasteiger partial charge >= 0.3 is 0 Å². The van der Waals surface area contributed by atoms with Gasteiger partial charge in [-0.15, -0.1) is 0 Å². The molecule has 1 heterocycles. The van der Waals surface area contributed by atoms with Crippen molar-refractivity contribution in [2.45, 2.75) is 50.5 Å². The van der Waals surface area contributed by atoms with Gasteiger partial charge in [-0.1, -0.05) is 26.7 Å². The summed E-state index contributed by atoms with van der Waals surface area (Å²) in [4.78, 5) is 17.5. The minimum atomic E-state index is -3.72. The Kier molecular flexibility index (Phi) is 7.19. The van der Waals surface area contributed by atoms with Crippen LogP contribution in [0.2, 0.25) is 0 Å². The molecule has 3 rings (SSSR count). The minimum Gasteiger partial charge on any atom is -0.495 e. The summed E-state index contributed by atoms with van der Waals surface area (Å²) in [5.74, 6) is 0.147. The summed E-state index contributed by atoms with van der Waals surface area (Å²) in [5.41, 5.74) is 0.394. The van der Waals surface area contributed by atoms with Crippen LogP contribution in [0.25, 0.3) is 0 Å². The molecule has 0 radical (unpaired) electrons. The first kappa shape index (κ1) is 22.1. The molecule has 2 aliphatic rings. The van der Waals surface area contributed by atoms with Crippen LogP contribution in [-0.2, 0) is 10.0 Å². The van der Waals surface area contributed by atoms with Crippen LogP contribution < -0.4 is 4.74 Å². The molecule has 0 unspecified atom stereocenters. The number of ether oxygens (including phenoxy) is 1. The number of benzene rings is 1. The van der Waals surface area contributed by atoms with Gasteiger partial charge in [0.05, 0.1) is 7.11 Å². The van der Waals surface area contributed by atoms with Crippen molar-refractivity contribution in [3.63, 3.8) is 0 Å². The zero-order valence-corrected chi connectivity index (χ0v) is 18.6. The van der Waals surface area contributed by atoms with E-state index in [9.17, 15) is 13.2 Å². The largest absolute Gasteiger partial charge is 0.495 e.